The first-order valence-corrected chi connectivity index (χ1v) is 13.8. The van der Waals surface area contributed by atoms with Crippen molar-refractivity contribution >= 4 is 43.0 Å². The van der Waals surface area contributed by atoms with E-state index in [1.165, 1.54) is 10.4 Å². The molecule has 0 bridgehead atoms. The molecule has 0 amide bonds. The average Bonchev–Trinajstić information content (AvgIpc) is 2.75. The Bertz CT molecular complexity index is 1430. The third kappa shape index (κ3) is 4.60. The Balaban J connectivity index is 1.72. The lowest BCUT2D eigenvalue weighted by Gasteiger charge is -2.31. The minimum Gasteiger partial charge on any atom is -0.280 e. The molecule has 4 rings (SSSR count). The number of hydrogen-bond donors (Lipinski definition) is 1. The van der Waals surface area contributed by atoms with E-state index in [0.29, 0.717) is 40.5 Å². The molecule has 1 heterocycles. The van der Waals surface area contributed by atoms with E-state index >= 15 is 0 Å². The van der Waals surface area contributed by atoms with Gasteiger partial charge in [0.1, 0.15) is 0 Å². The molecule has 0 saturated carbocycles. The van der Waals surface area contributed by atoms with Crippen LogP contribution in [0.25, 0.3) is 0 Å². The van der Waals surface area contributed by atoms with E-state index in [0.717, 1.165) is 17.5 Å². The van der Waals surface area contributed by atoms with Gasteiger partial charge in [-0.25, -0.2) is 16.8 Å². The zero-order valence-corrected chi connectivity index (χ0v) is 21.0. The molecule has 0 aliphatic carbocycles. The van der Waals surface area contributed by atoms with E-state index in [1.807, 2.05) is 6.92 Å². The highest BCUT2D eigenvalue weighted by molar-refractivity contribution is 7.93. The number of nitrogens with zero attached hydrogens (tertiary/aromatic N) is 1. The number of benzene rings is 3. The molecule has 0 unspecified atom stereocenters. The summed E-state index contributed by atoms with van der Waals surface area (Å²) in [6.07, 6.45) is 1.41. The Labute approximate surface area is 200 Å². The molecule has 6 nitrogen and oxygen atoms in total. The van der Waals surface area contributed by atoms with Gasteiger partial charge in [0, 0.05) is 11.6 Å². The molecule has 1 aliphatic rings. The van der Waals surface area contributed by atoms with Crippen LogP contribution in [0, 0.1) is 20.8 Å². The highest BCUT2D eigenvalue weighted by Gasteiger charge is 2.30. The summed E-state index contributed by atoms with van der Waals surface area (Å²) in [4.78, 5) is 0.338. The number of anilines is 2. The molecule has 9 heteroatoms. The Kier molecular flexibility index (Phi) is 6.20. The van der Waals surface area contributed by atoms with Crippen molar-refractivity contribution in [2.75, 3.05) is 15.6 Å². The maximum atomic E-state index is 13.4. The van der Waals surface area contributed by atoms with Crippen molar-refractivity contribution in [1.29, 1.82) is 0 Å². The first-order valence-electron chi connectivity index (χ1n) is 10.5. The highest BCUT2D eigenvalue weighted by atomic mass is 35.5. The van der Waals surface area contributed by atoms with Gasteiger partial charge in [-0.3, -0.25) is 9.03 Å². The summed E-state index contributed by atoms with van der Waals surface area (Å²) in [5.74, 6) is 0. The molecule has 1 N–H and O–H groups in total. The number of hydrogen-bond acceptors (Lipinski definition) is 4. The molecule has 0 atom stereocenters. The predicted octanol–water partition coefficient (Wildman–Crippen LogP) is 5.21. The summed E-state index contributed by atoms with van der Waals surface area (Å²) in [7, 11) is -7.68. The number of halogens is 1. The van der Waals surface area contributed by atoms with Gasteiger partial charge in [-0.15, -0.1) is 0 Å². The largest absolute Gasteiger partial charge is 0.280 e. The molecule has 1 aliphatic heterocycles. The van der Waals surface area contributed by atoms with Gasteiger partial charge in [0.25, 0.3) is 20.0 Å². The zero-order chi connectivity index (χ0) is 24.0. The lowest BCUT2D eigenvalue weighted by molar-refractivity contribution is 0.586. The summed E-state index contributed by atoms with van der Waals surface area (Å²) < 4.78 is 56.9. The fourth-order valence-corrected chi connectivity index (χ4v) is 7.06. The summed E-state index contributed by atoms with van der Waals surface area (Å²) in [5, 5.41) is 0.497. The molecule has 0 saturated heterocycles. The maximum absolute atomic E-state index is 13.4. The second-order valence-corrected chi connectivity index (χ2v) is 12.2. The summed E-state index contributed by atoms with van der Waals surface area (Å²) in [6.45, 7) is 5.65. The summed E-state index contributed by atoms with van der Waals surface area (Å²) >= 11 is 6.12. The van der Waals surface area contributed by atoms with Crippen molar-refractivity contribution in [3.05, 3.63) is 81.9 Å². The van der Waals surface area contributed by atoms with Crippen LogP contribution < -0.4 is 9.03 Å². The van der Waals surface area contributed by atoms with Crippen LogP contribution in [0.4, 0.5) is 11.4 Å². The predicted molar refractivity (Wildman–Crippen MR) is 132 cm³/mol. The molecule has 174 valence electrons. The van der Waals surface area contributed by atoms with E-state index in [4.69, 9.17) is 11.6 Å². The Morgan fingerprint density at radius 2 is 1.58 bits per heavy atom. The van der Waals surface area contributed by atoms with E-state index in [2.05, 4.69) is 4.72 Å². The Hall–Kier alpha value is -2.55. The third-order valence-electron chi connectivity index (χ3n) is 5.77. The van der Waals surface area contributed by atoms with Crippen molar-refractivity contribution < 1.29 is 16.8 Å². The second-order valence-electron chi connectivity index (χ2n) is 8.31. The first-order chi connectivity index (χ1) is 15.5. The second kappa shape index (κ2) is 8.66. The van der Waals surface area contributed by atoms with Crippen molar-refractivity contribution in [1.82, 2.24) is 0 Å². The van der Waals surface area contributed by atoms with Crippen molar-refractivity contribution in [2.45, 2.75) is 43.4 Å². The monoisotopic (exact) mass is 504 g/mol. The molecule has 0 fully saturated rings. The lowest BCUT2D eigenvalue weighted by Crippen LogP contribution is -2.35. The van der Waals surface area contributed by atoms with Crippen LogP contribution in [0.15, 0.2) is 64.4 Å². The number of sulfonamides is 2. The fourth-order valence-electron chi connectivity index (χ4n) is 3.95. The van der Waals surface area contributed by atoms with Gasteiger partial charge in [-0.05, 0) is 86.7 Å². The van der Waals surface area contributed by atoms with E-state index < -0.39 is 20.0 Å². The van der Waals surface area contributed by atoms with Crippen LogP contribution >= 0.6 is 11.6 Å². The number of aryl methyl sites for hydroxylation is 4. The van der Waals surface area contributed by atoms with Gasteiger partial charge in [0.15, 0.2) is 0 Å². The van der Waals surface area contributed by atoms with Crippen molar-refractivity contribution in [3.8, 4) is 0 Å². The number of rotatable bonds is 5. The number of fused-ring (bicyclic) bond motifs is 1. The van der Waals surface area contributed by atoms with Crippen LogP contribution in [-0.4, -0.2) is 23.4 Å². The molecular formula is C24H25ClN2O4S2. The maximum Gasteiger partial charge on any atom is 0.264 e. The normalized spacial score (nSPS) is 14.1. The quantitative estimate of drug-likeness (QED) is 0.517. The molecule has 33 heavy (non-hydrogen) atoms. The van der Waals surface area contributed by atoms with Crippen LogP contribution in [0.1, 0.15) is 28.7 Å². The van der Waals surface area contributed by atoms with E-state index in [9.17, 15) is 16.8 Å². The van der Waals surface area contributed by atoms with Gasteiger partial charge in [-0.2, -0.15) is 0 Å². The highest BCUT2D eigenvalue weighted by Crippen LogP contribution is 2.35. The third-order valence-corrected chi connectivity index (χ3v) is 9.53. The van der Waals surface area contributed by atoms with Crippen molar-refractivity contribution in [2.24, 2.45) is 0 Å². The van der Waals surface area contributed by atoms with Crippen LogP contribution in [0.2, 0.25) is 5.02 Å². The molecular weight excluding hydrogens is 480 g/mol. The smallest absolute Gasteiger partial charge is 0.264 e. The molecule has 0 radical (unpaired) electrons. The Morgan fingerprint density at radius 3 is 2.27 bits per heavy atom. The standard InChI is InChI=1S/C24H25ClN2O4S2/c1-16-6-10-21(11-7-16)33(30,31)27-12-4-5-19-8-9-20(15-23(19)27)26-32(28,29)24-14-17(2)22(25)13-18(24)3/h6-11,13-15,26H,4-5,12H2,1-3H3. The van der Waals surface area contributed by atoms with Crippen LogP contribution in [-0.2, 0) is 26.5 Å². The van der Waals surface area contributed by atoms with E-state index in [1.54, 1.807) is 62.4 Å². The first kappa shape index (κ1) is 23.6. The molecule has 3 aromatic rings. The molecule has 0 spiro atoms. The average molecular weight is 505 g/mol. The zero-order valence-electron chi connectivity index (χ0n) is 18.6. The molecule has 0 aromatic heterocycles. The molecule has 3 aromatic carbocycles. The lowest BCUT2D eigenvalue weighted by atomic mass is 10.0. The topological polar surface area (TPSA) is 83.6 Å². The SMILES string of the molecule is Cc1ccc(S(=O)(=O)N2CCCc3ccc(NS(=O)(=O)c4cc(C)c(Cl)cc4C)cc32)cc1. The van der Waals surface area contributed by atoms with Gasteiger partial charge >= 0.3 is 0 Å². The van der Waals surface area contributed by atoms with Gasteiger partial charge in [0.2, 0.25) is 0 Å². The van der Waals surface area contributed by atoms with Gasteiger partial charge in [-0.1, -0.05) is 35.4 Å². The van der Waals surface area contributed by atoms with Gasteiger partial charge < -0.3 is 0 Å². The van der Waals surface area contributed by atoms with Gasteiger partial charge in [0.05, 0.1) is 21.2 Å². The minimum absolute atomic E-state index is 0.131. The van der Waals surface area contributed by atoms with Crippen LogP contribution in [0.5, 0.6) is 0 Å². The van der Waals surface area contributed by atoms with Crippen molar-refractivity contribution in [3.63, 3.8) is 0 Å². The summed E-state index contributed by atoms with van der Waals surface area (Å²) in [6, 6.07) is 14.9. The Morgan fingerprint density at radius 1 is 0.879 bits per heavy atom. The summed E-state index contributed by atoms with van der Waals surface area (Å²) in [5.41, 5.74) is 3.80. The van der Waals surface area contributed by atoms with E-state index in [-0.39, 0.29) is 9.79 Å². The fraction of sp³-hybridized carbons (Fsp3) is 0.250. The number of nitrogens with one attached hydrogen (secondary N) is 1. The van der Waals surface area contributed by atoms with Crippen LogP contribution in [0.3, 0.4) is 0 Å². The minimum atomic E-state index is -3.90.